The minimum Gasteiger partial charge on any atom is -0.317 e. The maximum Gasteiger partial charge on any atom is 0.0106 e. The van der Waals surface area contributed by atoms with Crippen LogP contribution in [0.2, 0.25) is 0 Å². The molecule has 0 amide bonds. The number of rotatable bonds is 2. The normalized spacial score (nSPS) is 47.8. The Balaban J connectivity index is 1.47. The summed E-state index contributed by atoms with van der Waals surface area (Å²) in [6.07, 6.45) is 8.81. The van der Waals surface area contributed by atoms with E-state index in [4.69, 9.17) is 0 Å². The molecule has 0 atom stereocenters. The number of nitrogens with one attached hydrogen (secondary N) is 1. The summed E-state index contributed by atoms with van der Waals surface area (Å²) in [5.74, 6) is 0. The minimum absolute atomic E-state index is 0.793. The second-order valence-corrected chi connectivity index (χ2v) is 5.70. The van der Waals surface area contributed by atoms with Gasteiger partial charge in [0.2, 0.25) is 0 Å². The number of nitrogens with zero attached hydrogens (tertiary/aromatic N) is 1. The quantitative estimate of drug-likeness (QED) is 0.718. The van der Waals surface area contributed by atoms with Gasteiger partial charge in [-0.3, -0.25) is 0 Å². The lowest BCUT2D eigenvalue weighted by atomic mass is 9.52. The van der Waals surface area contributed by atoms with Gasteiger partial charge in [-0.2, -0.15) is 0 Å². The number of hydrogen-bond acceptors (Lipinski definition) is 2. The van der Waals surface area contributed by atoms with Crippen molar-refractivity contribution in [2.45, 2.75) is 50.6 Å². The van der Waals surface area contributed by atoms with Crippen molar-refractivity contribution in [3.05, 3.63) is 0 Å². The van der Waals surface area contributed by atoms with Gasteiger partial charge in [-0.05, 0) is 64.1 Å². The van der Waals surface area contributed by atoms with Crippen LogP contribution < -0.4 is 5.32 Å². The lowest BCUT2D eigenvalue weighted by molar-refractivity contribution is -0.0656. The molecule has 2 aliphatic carbocycles. The summed E-state index contributed by atoms with van der Waals surface area (Å²) in [6.45, 7) is 2.77. The fraction of sp³-hybridized carbons (Fsp3) is 1.00. The van der Waals surface area contributed by atoms with Gasteiger partial charge < -0.3 is 10.2 Å². The lowest BCUT2D eigenvalue weighted by Crippen LogP contribution is -2.59. The first-order valence-corrected chi connectivity index (χ1v) is 6.23. The van der Waals surface area contributed by atoms with E-state index in [1.807, 2.05) is 0 Å². The summed E-state index contributed by atoms with van der Waals surface area (Å²) in [6, 6.07) is 1.81. The number of likely N-dealkylation sites (tertiary alicyclic amines) is 1. The van der Waals surface area contributed by atoms with Crippen molar-refractivity contribution in [2.75, 3.05) is 20.1 Å². The molecule has 1 aliphatic heterocycles. The molecule has 1 spiro atoms. The molecule has 2 nitrogen and oxygen atoms in total. The molecule has 3 aliphatic rings. The largest absolute Gasteiger partial charge is 0.317 e. The molecule has 2 saturated carbocycles. The molecule has 14 heavy (non-hydrogen) atoms. The van der Waals surface area contributed by atoms with E-state index >= 15 is 0 Å². The molecule has 0 aromatic rings. The Bertz CT molecular complexity index is 206. The van der Waals surface area contributed by atoms with E-state index in [9.17, 15) is 0 Å². The van der Waals surface area contributed by atoms with Gasteiger partial charge in [-0.25, -0.2) is 0 Å². The third-order valence-electron chi connectivity index (χ3n) is 4.76. The third kappa shape index (κ3) is 1.31. The topological polar surface area (TPSA) is 15.3 Å². The SMILES string of the molecule is CNC1CC2(C1)CC(N1CCCC1)C2. The zero-order valence-electron chi connectivity index (χ0n) is 9.26. The van der Waals surface area contributed by atoms with Gasteiger partial charge in [0.05, 0.1) is 0 Å². The molecule has 80 valence electrons. The van der Waals surface area contributed by atoms with Crippen molar-refractivity contribution in [3.8, 4) is 0 Å². The van der Waals surface area contributed by atoms with E-state index in [1.165, 1.54) is 51.6 Å². The molecular weight excluding hydrogens is 172 g/mol. The Kier molecular flexibility index (Phi) is 2.10. The van der Waals surface area contributed by atoms with Crippen LogP contribution >= 0.6 is 0 Å². The molecule has 3 fully saturated rings. The molecule has 1 N–H and O–H groups in total. The van der Waals surface area contributed by atoms with Gasteiger partial charge in [0.15, 0.2) is 0 Å². The van der Waals surface area contributed by atoms with Crippen LogP contribution in [-0.2, 0) is 0 Å². The zero-order chi connectivity index (χ0) is 9.60. The van der Waals surface area contributed by atoms with Crippen molar-refractivity contribution in [3.63, 3.8) is 0 Å². The summed E-state index contributed by atoms with van der Waals surface area (Å²) in [4.78, 5) is 2.73. The van der Waals surface area contributed by atoms with Crippen LogP contribution in [0.15, 0.2) is 0 Å². The van der Waals surface area contributed by atoms with E-state index in [0.717, 1.165) is 17.5 Å². The van der Waals surface area contributed by atoms with Gasteiger partial charge in [-0.1, -0.05) is 0 Å². The van der Waals surface area contributed by atoms with Crippen molar-refractivity contribution < 1.29 is 0 Å². The summed E-state index contributed by atoms with van der Waals surface area (Å²) < 4.78 is 0. The Morgan fingerprint density at radius 3 is 2.29 bits per heavy atom. The maximum atomic E-state index is 3.40. The molecule has 0 bridgehead atoms. The summed E-state index contributed by atoms with van der Waals surface area (Å²) in [5, 5.41) is 3.40. The lowest BCUT2D eigenvalue weighted by Gasteiger charge is -2.59. The highest BCUT2D eigenvalue weighted by molar-refractivity contribution is 5.08. The van der Waals surface area contributed by atoms with Gasteiger partial charge in [0, 0.05) is 12.1 Å². The first-order chi connectivity index (χ1) is 6.81. The van der Waals surface area contributed by atoms with Crippen molar-refractivity contribution in [2.24, 2.45) is 5.41 Å². The Morgan fingerprint density at radius 2 is 1.71 bits per heavy atom. The van der Waals surface area contributed by atoms with Crippen LogP contribution in [-0.4, -0.2) is 37.1 Å². The van der Waals surface area contributed by atoms with E-state index in [0.29, 0.717) is 0 Å². The van der Waals surface area contributed by atoms with Crippen LogP contribution in [0.4, 0.5) is 0 Å². The molecule has 1 heterocycles. The van der Waals surface area contributed by atoms with Gasteiger partial charge in [0.1, 0.15) is 0 Å². The van der Waals surface area contributed by atoms with E-state index in [1.54, 1.807) is 0 Å². The fourth-order valence-corrected chi connectivity index (χ4v) is 3.83. The highest BCUT2D eigenvalue weighted by Gasteiger charge is 2.53. The Hall–Kier alpha value is -0.0800. The standard InChI is InChI=1S/C12H22N2/c1-13-10-6-12(7-10)8-11(9-12)14-4-2-3-5-14/h10-11,13H,2-9H2,1H3. The van der Waals surface area contributed by atoms with Crippen molar-refractivity contribution in [1.82, 2.24) is 10.2 Å². The maximum absolute atomic E-state index is 3.40. The second kappa shape index (κ2) is 3.21. The number of hydrogen-bond donors (Lipinski definition) is 1. The molecule has 1 saturated heterocycles. The average molecular weight is 194 g/mol. The van der Waals surface area contributed by atoms with Crippen LogP contribution in [0.1, 0.15) is 38.5 Å². The third-order valence-corrected chi connectivity index (χ3v) is 4.76. The molecule has 0 aromatic carbocycles. The van der Waals surface area contributed by atoms with E-state index in [-0.39, 0.29) is 0 Å². The summed E-state index contributed by atoms with van der Waals surface area (Å²) >= 11 is 0. The predicted octanol–water partition coefficient (Wildman–Crippen LogP) is 1.61. The van der Waals surface area contributed by atoms with E-state index in [2.05, 4.69) is 17.3 Å². The predicted molar refractivity (Wildman–Crippen MR) is 58.3 cm³/mol. The van der Waals surface area contributed by atoms with Crippen LogP contribution in [0, 0.1) is 5.41 Å². The zero-order valence-corrected chi connectivity index (χ0v) is 9.26. The van der Waals surface area contributed by atoms with Gasteiger partial charge in [0.25, 0.3) is 0 Å². The molecule has 0 aromatic heterocycles. The van der Waals surface area contributed by atoms with Crippen molar-refractivity contribution in [1.29, 1.82) is 0 Å². The molecule has 3 rings (SSSR count). The monoisotopic (exact) mass is 194 g/mol. The molecule has 0 unspecified atom stereocenters. The first kappa shape index (κ1) is 9.17. The smallest absolute Gasteiger partial charge is 0.0106 e. The molecule has 0 radical (unpaired) electrons. The van der Waals surface area contributed by atoms with Gasteiger partial charge >= 0.3 is 0 Å². The summed E-state index contributed by atoms with van der Waals surface area (Å²) in [5.41, 5.74) is 0.793. The second-order valence-electron chi connectivity index (χ2n) is 5.70. The van der Waals surface area contributed by atoms with Crippen LogP contribution in [0.3, 0.4) is 0 Å². The Morgan fingerprint density at radius 1 is 1.07 bits per heavy atom. The van der Waals surface area contributed by atoms with Gasteiger partial charge in [-0.15, -0.1) is 0 Å². The molecular formula is C12H22N2. The highest BCUT2D eigenvalue weighted by Crippen LogP contribution is 2.57. The van der Waals surface area contributed by atoms with Crippen LogP contribution in [0.5, 0.6) is 0 Å². The first-order valence-electron chi connectivity index (χ1n) is 6.23. The van der Waals surface area contributed by atoms with Crippen molar-refractivity contribution >= 4 is 0 Å². The highest BCUT2D eigenvalue weighted by atomic mass is 15.2. The van der Waals surface area contributed by atoms with Crippen LogP contribution in [0.25, 0.3) is 0 Å². The fourth-order valence-electron chi connectivity index (χ4n) is 3.83. The average Bonchev–Trinajstić information content (AvgIpc) is 2.52. The molecule has 2 heteroatoms. The van der Waals surface area contributed by atoms with E-state index < -0.39 is 0 Å². The minimum atomic E-state index is 0.793. The Labute approximate surface area is 87.0 Å². The summed E-state index contributed by atoms with van der Waals surface area (Å²) in [7, 11) is 2.11.